The van der Waals surface area contributed by atoms with Crippen molar-refractivity contribution in [3.8, 4) is 0 Å². The van der Waals surface area contributed by atoms with Crippen LogP contribution in [-0.2, 0) is 11.3 Å². The molecule has 1 aromatic heterocycles. The van der Waals surface area contributed by atoms with Crippen molar-refractivity contribution in [2.24, 2.45) is 0 Å². The number of carbonyl (C=O) groups is 1. The minimum Gasteiger partial charge on any atom is -0.378 e. The zero-order chi connectivity index (χ0) is 16.9. The highest BCUT2D eigenvalue weighted by atomic mass is 35.5. The minimum absolute atomic E-state index is 0.0513. The number of nitrogens with zero attached hydrogens (tertiary/aromatic N) is 3. The summed E-state index contributed by atoms with van der Waals surface area (Å²) in [4.78, 5) is 21.1. The van der Waals surface area contributed by atoms with Crippen molar-refractivity contribution in [2.45, 2.75) is 6.54 Å². The van der Waals surface area contributed by atoms with Crippen LogP contribution in [0.1, 0.15) is 15.9 Å². The van der Waals surface area contributed by atoms with E-state index in [4.69, 9.17) is 16.3 Å². The van der Waals surface area contributed by atoms with Crippen molar-refractivity contribution in [1.82, 2.24) is 9.88 Å². The molecule has 1 aliphatic heterocycles. The lowest BCUT2D eigenvalue weighted by atomic mass is 10.1. The maximum atomic E-state index is 12.9. The van der Waals surface area contributed by atoms with Gasteiger partial charge in [-0.05, 0) is 29.8 Å². The molecule has 0 saturated carbocycles. The molecular formula is C18H20ClN3O2. The molecule has 0 aliphatic carbocycles. The molecule has 0 unspecified atom stereocenters. The number of hydrogen-bond acceptors (Lipinski definition) is 4. The summed E-state index contributed by atoms with van der Waals surface area (Å²) in [6, 6.07) is 11.2. The quantitative estimate of drug-likeness (QED) is 0.854. The zero-order valence-electron chi connectivity index (χ0n) is 13.6. The number of amides is 1. The Bertz CT molecular complexity index is 717. The Hall–Kier alpha value is -2.11. The van der Waals surface area contributed by atoms with E-state index in [1.807, 2.05) is 30.3 Å². The average Bonchev–Trinajstić information content (AvgIpc) is 2.62. The second-order valence-corrected chi connectivity index (χ2v) is 6.20. The first-order valence-electron chi connectivity index (χ1n) is 7.93. The Balaban J connectivity index is 1.79. The molecule has 0 N–H and O–H groups in total. The molecule has 5 nitrogen and oxygen atoms in total. The van der Waals surface area contributed by atoms with Crippen molar-refractivity contribution >= 4 is 23.3 Å². The van der Waals surface area contributed by atoms with E-state index in [0.717, 1.165) is 24.5 Å². The maximum Gasteiger partial charge on any atom is 0.257 e. The van der Waals surface area contributed by atoms with Crippen LogP contribution in [0.3, 0.4) is 0 Å². The summed E-state index contributed by atoms with van der Waals surface area (Å²) in [6.07, 6.45) is 1.72. The van der Waals surface area contributed by atoms with Gasteiger partial charge in [0.15, 0.2) is 0 Å². The van der Waals surface area contributed by atoms with Crippen LogP contribution in [0.2, 0.25) is 5.02 Å². The van der Waals surface area contributed by atoms with E-state index >= 15 is 0 Å². The summed E-state index contributed by atoms with van der Waals surface area (Å²) >= 11 is 6.02. The van der Waals surface area contributed by atoms with Crippen LogP contribution in [0.15, 0.2) is 42.6 Å². The van der Waals surface area contributed by atoms with Crippen LogP contribution in [0.4, 0.5) is 5.82 Å². The van der Waals surface area contributed by atoms with Crippen LogP contribution in [0.25, 0.3) is 0 Å². The molecule has 1 aliphatic rings. The van der Waals surface area contributed by atoms with Gasteiger partial charge in [0.2, 0.25) is 0 Å². The Morgan fingerprint density at radius 2 is 2.08 bits per heavy atom. The number of aromatic nitrogens is 1. The third-order valence-corrected chi connectivity index (χ3v) is 4.22. The van der Waals surface area contributed by atoms with Gasteiger partial charge < -0.3 is 14.5 Å². The average molecular weight is 346 g/mol. The Morgan fingerprint density at radius 3 is 2.83 bits per heavy atom. The molecule has 2 aromatic rings. The first-order valence-corrected chi connectivity index (χ1v) is 8.30. The molecule has 2 heterocycles. The fraction of sp³-hybridized carbons (Fsp3) is 0.333. The molecule has 0 atom stereocenters. The van der Waals surface area contributed by atoms with Crippen LogP contribution < -0.4 is 4.90 Å². The van der Waals surface area contributed by atoms with Crippen LogP contribution in [-0.4, -0.2) is 49.1 Å². The second-order valence-electron chi connectivity index (χ2n) is 5.77. The highest BCUT2D eigenvalue weighted by molar-refractivity contribution is 6.30. The molecule has 3 rings (SSSR count). The molecular weight excluding hydrogens is 326 g/mol. The Labute approximate surface area is 146 Å². The van der Waals surface area contributed by atoms with Crippen molar-refractivity contribution in [3.63, 3.8) is 0 Å². The highest BCUT2D eigenvalue weighted by Crippen LogP contribution is 2.21. The molecule has 1 aromatic carbocycles. The normalized spacial score (nSPS) is 14.5. The number of ether oxygens (including phenoxy) is 1. The molecule has 1 amide bonds. The molecule has 0 spiro atoms. The number of morpholine rings is 1. The number of rotatable bonds is 4. The van der Waals surface area contributed by atoms with Gasteiger partial charge in [-0.1, -0.05) is 23.7 Å². The molecule has 24 heavy (non-hydrogen) atoms. The van der Waals surface area contributed by atoms with Gasteiger partial charge >= 0.3 is 0 Å². The van der Waals surface area contributed by atoms with Gasteiger partial charge in [0.05, 0.1) is 18.8 Å². The summed E-state index contributed by atoms with van der Waals surface area (Å²) in [5.74, 6) is 0.674. The van der Waals surface area contributed by atoms with Gasteiger partial charge in [-0.15, -0.1) is 0 Å². The fourth-order valence-electron chi connectivity index (χ4n) is 2.78. The molecule has 0 bridgehead atoms. The van der Waals surface area contributed by atoms with E-state index in [-0.39, 0.29) is 5.91 Å². The zero-order valence-corrected chi connectivity index (χ0v) is 14.4. The smallest absolute Gasteiger partial charge is 0.257 e. The lowest BCUT2D eigenvalue weighted by Gasteiger charge is -2.30. The minimum atomic E-state index is -0.0513. The Kier molecular flexibility index (Phi) is 5.33. The number of carbonyl (C=O) groups excluding carboxylic acids is 1. The van der Waals surface area contributed by atoms with E-state index in [2.05, 4.69) is 9.88 Å². The van der Waals surface area contributed by atoms with E-state index < -0.39 is 0 Å². The van der Waals surface area contributed by atoms with Gasteiger partial charge in [-0.2, -0.15) is 0 Å². The Morgan fingerprint density at radius 1 is 1.29 bits per heavy atom. The van der Waals surface area contributed by atoms with Gasteiger partial charge in [0.25, 0.3) is 5.91 Å². The molecule has 1 saturated heterocycles. The fourth-order valence-corrected chi connectivity index (χ4v) is 2.99. The van der Waals surface area contributed by atoms with E-state index in [9.17, 15) is 4.79 Å². The third-order valence-electron chi connectivity index (χ3n) is 3.98. The predicted molar refractivity (Wildman–Crippen MR) is 94.5 cm³/mol. The number of anilines is 1. The second kappa shape index (κ2) is 7.64. The number of halogens is 1. The van der Waals surface area contributed by atoms with E-state index in [1.165, 1.54) is 0 Å². The van der Waals surface area contributed by atoms with Gasteiger partial charge in [0, 0.05) is 37.9 Å². The van der Waals surface area contributed by atoms with Crippen LogP contribution in [0.5, 0.6) is 0 Å². The third kappa shape index (κ3) is 3.86. The monoisotopic (exact) mass is 345 g/mol. The first-order chi connectivity index (χ1) is 11.6. The summed E-state index contributed by atoms with van der Waals surface area (Å²) in [7, 11) is 1.79. The highest BCUT2D eigenvalue weighted by Gasteiger charge is 2.22. The van der Waals surface area contributed by atoms with Crippen molar-refractivity contribution in [3.05, 3.63) is 58.7 Å². The topological polar surface area (TPSA) is 45.7 Å². The maximum absolute atomic E-state index is 12.9. The van der Waals surface area contributed by atoms with E-state index in [1.54, 1.807) is 24.2 Å². The van der Waals surface area contributed by atoms with E-state index in [0.29, 0.717) is 30.3 Å². The number of pyridine rings is 1. The first kappa shape index (κ1) is 16.7. The lowest BCUT2D eigenvalue weighted by Crippen LogP contribution is -2.38. The van der Waals surface area contributed by atoms with Crippen molar-refractivity contribution in [2.75, 3.05) is 38.3 Å². The van der Waals surface area contributed by atoms with Crippen molar-refractivity contribution in [1.29, 1.82) is 0 Å². The van der Waals surface area contributed by atoms with Gasteiger partial charge in [-0.25, -0.2) is 4.98 Å². The van der Waals surface area contributed by atoms with Crippen LogP contribution in [0, 0.1) is 0 Å². The van der Waals surface area contributed by atoms with Gasteiger partial charge in [0.1, 0.15) is 5.82 Å². The standard InChI is InChI=1S/C18H20ClN3O2/c1-21(13-14-4-2-5-15(19)12-14)18(23)16-6-3-7-20-17(16)22-8-10-24-11-9-22/h2-7,12H,8-11,13H2,1H3. The number of hydrogen-bond donors (Lipinski definition) is 0. The largest absolute Gasteiger partial charge is 0.378 e. The molecule has 126 valence electrons. The lowest BCUT2D eigenvalue weighted by molar-refractivity contribution is 0.0784. The van der Waals surface area contributed by atoms with Gasteiger partial charge in [-0.3, -0.25) is 4.79 Å². The summed E-state index contributed by atoms with van der Waals surface area (Å²) in [5, 5.41) is 0.670. The summed E-state index contributed by atoms with van der Waals surface area (Å²) in [5.41, 5.74) is 1.61. The molecule has 0 radical (unpaired) electrons. The molecule has 6 heteroatoms. The molecule has 1 fully saturated rings. The number of benzene rings is 1. The summed E-state index contributed by atoms with van der Waals surface area (Å²) in [6.45, 7) is 3.30. The SMILES string of the molecule is CN(Cc1cccc(Cl)c1)C(=O)c1cccnc1N1CCOCC1. The van der Waals surface area contributed by atoms with Crippen molar-refractivity contribution < 1.29 is 9.53 Å². The van der Waals surface area contributed by atoms with Crippen LogP contribution >= 0.6 is 11.6 Å². The predicted octanol–water partition coefficient (Wildman–Crippen LogP) is 2.84. The summed E-state index contributed by atoms with van der Waals surface area (Å²) < 4.78 is 5.38.